The molecule has 0 radical (unpaired) electrons. The van der Waals surface area contributed by atoms with Crippen LogP contribution in [0, 0.1) is 0 Å². The first-order chi connectivity index (χ1) is 27.9. The van der Waals surface area contributed by atoms with E-state index < -0.39 is 0 Å². The maximum absolute atomic E-state index is 6.28. The second kappa shape index (κ2) is 22.9. The Morgan fingerprint density at radius 2 is 1.32 bits per heavy atom. The summed E-state index contributed by atoms with van der Waals surface area (Å²) in [5, 5.41) is 6.15. The molecule has 0 amide bonds. The first-order valence-corrected chi connectivity index (χ1v) is 21.9. The largest absolute Gasteiger partial charge is 0.352 e. The number of aliphatic imine (C=N–C) groups is 2. The maximum Gasteiger partial charge on any atom is 0.182 e. The highest BCUT2D eigenvalue weighted by Crippen LogP contribution is 2.31. The lowest BCUT2D eigenvalue weighted by atomic mass is 10.0. The minimum Gasteiger partial charge on any atom is -0.352 e. The molecule has 2 fully saturated rings. The van der Waals surface area contributed by atoms with Crippen molar-refractivity contribution in [1.82, 2.24) is 25.3 Å². The molecule has 3 aromatic carbocycles. The number of hydrogen-bond donors (Lipinski definition) is 2. The van der Waals surface area contributed by atoms with Gasteiger partial charge in [0, 0.05) is 58.2 Å². The van der Waals surface area contributed by atoms with Gasteiger partial charge in [-0.1, -0.05) is 89.4 Å². The fraction of sp³-hybridized carbons (Fsp3) is 0.457. The second-order valence-electron chi connectivity index (χ2n) is 15.2. The van der Waals surface area contributed by atoms with E-state index in [2.05, 4.69) is 71.3 Å². The number of nitrogens with zero attached hydrogens (tertiary/aromatic N) is 6. The molecule has 6 heterocycles. The summed E-state index contributed by atoms with van der Waals surface area (Å²) in [6, 6.07) is 25.5. The summed E-state index contributed by atoms with van der Waals surface area (Å²) < 4.78 is 0. The summed E-state index contributed by atoms with van der Waals surface area (Å²) in [6.07, 6.45) is 19.7. The number of hydrogen-bond acceptors (Lipinski definition) is 7. The molecule has 2 atom stereocenters. The second-order valence-corrected chi connectivity index (χ2v) is 16.4. The van der Waals surface area contributed by atoms with Gasteiger partial charge in [0.25, 0.3) is 0 Å². The van der Waals surface area contributed by atoms with E-state index in [1.54, 1.807) is 12.7 Å². The van der Waals surface area contributed by atoms with Crippen molar-refractivity contribution in [2.75, 3.05) is 31.1 Å². The smallest absolute Gasteiger partial charge is 0.182 e. The predicted octanol–water partition coefficient (Wildman–Crippen LogP) is 11.4. The van der Waals surface area contributed by atoms with Crippen LogP contribution >= 0.6 is 34.8 Å². The van der Waals surface area contributed by atoms with Crippen molar-refractivity contribution in [3.05, 3.63) is 117 Å². The molecule has 0 bridgehead atoms. The van der Waals surface area contributed by atoms with E-state index in [9.17, 15) is 0 Å². The van der Waals surface area contributed by atoms with Gasteiger partial charge in [0.1, 0.15) is 11.8 Å². The Morgan fingerprint density at radius 3 is 1.89 bits per heavy atom. The molecule has 2 N–H and O–H groups in total. The van der Waals surface area contributed by atoms with Crippen LogP contribution in [-0.2, 0) is 19.3 Å². The minimum absolute atomic E-state index is 0.479. The topological polar surface area (TPSA) is 94.5 Å². The molecular weight excluding hydrogens is 771 g/mol. The van der Waals surface area contributed by atoms with Gasteiger partial charge in [-0.25, -0.2) is 15.0 Å². The Labute approximate surface area is 354 Å². The van der Waals surface area contributed by atoms with E-state index in [4.69, 9.17) is 34.8 Å². The molecule has 0 spiro atoms. The van der Waals surface area contributed by atoms with Gasteiger partial charge in [-0.05, 0) is 138 Å². The third-order valence-electron chi connectivity index (χ3n) is 11.1. The van der Waals surface area contributed by atoms with Crippen LogP contribution in [0.15, 0.2) is 95.4 Å². The highest BCUT2D eigenvalue weighted by atomic mass is 35.5. The predicted molar refractivity (Wildman–Crippen MR) is 241 cm³/mol. The number of nitrogens with one attached hydrogen (secondary N) is 2. The summed E-state index contributed by atoms with van der Waals surface area (Å²) in [4.78, 5) is 27.1. The third kappa shape index (κ3) is 13.4. The number of aryl methyl sites for hydroxylation is 3. The molecule has 2 saturated heterocycles. The van der Waals surface area contributed by atoms with Gasteiger partial charge in [0.15, 0.2) is 11.5 Å². The summed E-state index contributed by atoms with van der Waals surface area (Å²) in [7, 11) is 0. The zero-order chi connectivity index (χ0) is 39.7. The summed E-state index contributed by atoms with van der Waals surface area (Å²) in [5.41, 5.74) is 8.09. The van der Waals surface area contributed by atoms with Crippen LogP contribution in [0.25, 0.3) is 11.2 Å². The van der Waals surface area contributed by atoms with Gasteiger partial charge in [-0.15, -0.1) is 0 Å². The molecule has 9 rings (SSSR count). The van der Waals surface area contributed by atoms with Gasteiger partial charge >= 0.3 is 0 Å². The molecule has 2 unspecified atom stereocenters. The van der Waals surface area contributed by atoms with Crippen LogP contribution < -0.4 is 10.2 Å². The Morgan fingerprint density at radius 1 is 0.667 bits per heavy atom. The van der Waals surface area contributed by atoms with Crippen LogP contribution in [0.5, 0.6) is 0 Å². The molecule has 0 aliphatic carbocycles. The normalized spacial score (nSPS) is 18.6. The number of H-pyrrole nitrogens is 1. The van der Waals surface area contributed by atoms with Crippen molar-refractivity contribution < 1.29 is 0 Å². The summed E-state index contributed by atoms with van der Waals surface area (Å²) >= 11 is 18.4. The summed E-state index contributed by atoms with van der Waals surface area (Å²) in [6.45, 7) is 6.40. The zero-order valence-electron chi connectivity index (χ0n) is 33.3. The molecule has 0 saturated carbocycles. The van der Waals surface area contributed by atoms with Crippen LogP contribution in [0.2, 0.25) is 15.1 Å². The molecule has 4 aliphatic rings. The molecule has 11 heteroatoms. The first kappa shape index (κ1) is 42.8. The van der Waals surface area contributed by atoms with E-state index in [-0.39, 0.29) is 0 Å². The lowest BCUT2D eigenvalue weighted by Crippen LogP contribution is -2.30. The highest BCUT2D eigenvalue weighted by Gasteiger charge is 2.27. The number of benzene rings is 3. The lowest BCUT2D eigenvalue weighted by molar-refractivity contribution is 0.559. The minimum atomic E-state index is 0.479. The molecule has 8 nitrogen and oxygen atoms in total. The zero-order valence-corrected chi connectivity index (χ0v) is 35.6. The van der Waals surface area contributed by atoms with Crippen molar-refractivity contribution in [2.24, 2.45) is 9.98 Å². The fourth-order valence-electron chi connectivity index (χ4n) is 7.91. The van der Waals surface area contributed by atoms with E-state index >= 15 is 0 Å². The Balaban J connectivity index is 0.000000140. The molecule has 2 aromatic heterocycles. The lowest BCUT2D eigenvalue weighted by Gasteiger charge is -2.26. The molecule has 302 valence electrons. The average molecular weight is 828 g/mol. The van der Waals surface area contributed by atoms with Crippen molar-refractivity contribution in [1.29, 1.82) is 0 Å². The van der Waals surface area contributed by atoms with E-state index in [0.29, 0.717) is 12.1 Å². The van der Waals surface area contributed by atoms with Crippen molar-refractivity contribution in [2.45, 2.75) is 109 Å². The van der Waals surface area contributed by atoms with Crippen molar-refractivity contribution in [3.8, 4) is 0 Å². The molecule has 57 heavy (non-hydrogen) atoms. The van der Waals surface area contributed by atoms with Crippen LogP contribution in [0.4, 0.5) is 5.82 Å². The monoisotopic (exact) mass is 826 g/mol. The maximum atomic E-state index is 6.28. The molecule has 5 aromatic rings. The number of fused-ring (bicyclic) bond motifs is 1. The highest BCUT2D eigenvalue weighted by molar-refractivity contribution is 6.32. The van der Waals surface area contributed by atoms with Gasteiger partial charge in [-0.2, -0.15) is 0 Å². The van der Waals surface area contributed by atoms with Crippen LogP contribution in [-0.4, -0.2) is 69.6 Å². The van der Waals surface area contributed by atoms with Gasteiger partial charge in [0.2, 0.25) is 0 Å². The van der Waals surface area contributed by atoms with Gasteiger partial charge in [-0.3, -0.25) is 9.98 Å². The summed E-state index contributed by atoms with van der Waals surface area (Å²) in [5.74, 6) is 0.967. The number of rotatable bonds is 10. The average Bonchev–Trinajstić information content (AvgIpc) is 4.09. The quantitative estimate of drug-likeness (QED) is 0.146. The Bertz CT molecular complexity index is 2040. The number of halogens is 3. The molecule has 4 aliphatic heterocycles. The van der Waals surface area contributed by atoms with E-state index in [1.807, 2.05) is 48.5 Å². The molecular formula is C46H57Cl3N8. The van der Waals surface area contributed by atoms with Crippen molar-refractivity contribution >= 4 is 63.2 Å². The third-order valence-corrected chi connectivity index (χ3v) is 12.2. The SMILES string of the molecule is CC1=NCCC1.Clc1ccccc1CCC1=NCCC1.Clc1ccccc1CCC1CCCN1.Clc1ccccc1CCC1CCCN1c1ncnc2nc[nH]c12. The van der Waals surface area contributed by atoms with E-state index in [1.165, 1.54) is 92.4 Å². The standard InChI is InChI=1S/C17H18ClN5.C12H16ClN.C12H14ClN.C5H9N/c18-14-6-2-1-4-12(14)7-8-13-5-3-9-23(13)17-15-16(20-10-19-15)21-11-22-17;2*13-12-6-2-1-4-10(12)7-8-11-5-3-9-14-11;1-5-3-2-4-6-5/h1-2,4,6,10-11,13H,3,5,7-9H2,(H,19,20,21,22);1-2,4,6,11,14H,3,5,7-9H2;1-2,4,6H,3,5,7-9H2;2-4H2,1H3. The van der Waals surface area contributed by atoms with Gasteiger partial charge < -0.3 is 15.2 Å². The fourth-order valence-corrected chi connectivity index (χ4v) is 8.60. The number of anilines is 1. The first-order valence-electron chi connectivity index (χ1n) is 20.8. The number of imidazole rings is 1. The van der Waals surface area contributed by atoms with Crippen LogP contribution in [0.1, 0.15) is 94.2 Å². The Kier molecular flexibility index (Phi) is 17.2. The number of aromatic amines is 1. The van der Waals surface area contributed by atoms with Crippen molar-refractivity contribution in [3.63, 3.8) is 0 Å². The number of aromatic nitrogens is 4. The Hall–Kier alpha value is -3.82. The van der Waals surface area contributed by atoms with Gasteiger partial charge in [0.05, 0.1) is 6.33 Å². The van der Waals surface area contributed by atoms with Crippen LogP contribution in [0.3, 0.4) is 0 Å². The van der Waals surface area contributed by atoms with E-state index in [0.717, 1.165) is 83.8 Å².